The highest BCUT2D eigenvalue weighted by Crippen LogP contribution is 2.26. The van der Waals surface area contributed by atoms with E-state index in [2.05, 4.69) is 31.7 Å². The van der Waals surface area contributed by atoms with E-state index >= 15 is 0 Å². The van der Waals surface area contributed by atoms with Gasteiger partial charge in [-0.15, -0.1) is 10.2 Å². The molecule has 0 aliphatic carbocycles. The molecule has 3 rings (SSSR count). The van der Waals surface area contributed by atoms with E-state index in [1.54, 1.807) is 11.8 Å². The van der Waals surface area contributed by atoms with Crippen LogP contribution in [0.15, 0.2) is 51.5 Å². The molecule has 9 heteroatoms. The first-order valence-electron chi connectivity index (χ1n) is 8.79. The van der Waals surface area contributed by atoms with Crippen molar-refractivity contribution >= 4 is 29.3 Å². The number of nitrogen functional groups attached to an aromatic ring is 1. The molecular weight excluding hydrogens is 380 g/mol. The van der Waals surface area contributed by atoms with Crippen molar-refractivity contribution < 1.29 is 0 Å². The normalized spacial score (nSPS) is 11.0. The van der Waals surface area contributed by atoms with Crippen LogP contribution in [0.4, 0.5) is 5.82 Å². The molecule has 0 amide bonds. The Morgan fingerprint density at radius 1 is 1.15 bits per heavy atom. The summed E-state index contributed by atoms with van der Waals surface area (Å²) >= 11 is 3.09. The Morgan fingerprint density at radius 2 is 1.96 bits per heavy atom. The zero-order valence-corrected chi connectivity index (χ0v) is 16.7. The lowest BCUT2D eigenvalue weighted by Crippen LogP contribution is -2.09. The monoisotopic (exact) mass is 402 g/mol. The van der Waals surface area contributed by atoms with Gasteiger partial charge in [0, 0.05) is 17.5 Å². The molecule has 0 saturated carbocycles. The molecule has 3 N–H and O–H groups in total. The van der Waals surface area contributed by atoms with Gasteiger partial charge in [-0.25, -0.2) is 4.98 Å². The Morgan fingerprint density at radius 3 is 2.70 bits per heavy atom. The Bertz CT molecular complexity index is 925. The molecule has 2 heterocycles. The van der Waals surface area contributed by atoms with E-state index in [1.165, 1.54) is 30.7 Å². The first kappa shape index (κ1) is 19.5. The topological polar surface area (TPSA) is 102 Å². The number of hydrogen-bond acceptors (Lipinski definition) is 7. The summed E-state index contributed by atoms with van der Waals surface area (Å²) in [4.78, 5) is 18.4. The number of unbranched alkanes of at least 4 members (excludes halogenated alkanes) is 2. The number of nitrogens with two attached hydrogens (primary N) is 1. The molecule has 0 aliphatic rings. The van der Waals surface area contributed by atoms with Crippen LogP contribution < -0.4 is 11.3 Å². The predicted octanol–water partition coefficient (Wildman–Crippen LogP) is 3.51. The number of para-hydroxylation sites is 1. The van der Waals surface area contributed by atoms with E-state index in [9.17, 15) is 4.79 Å². The number of rotatable bonds is 9. The van der Waals surface area contributed by atoms with Gasteiger partial charge >= 0.3 is 0 Å². The lowest BCUT2D eigenvalue weighted by Gasteiger charge is -2.10. The fourth-order valence-corrected chi connectivity index (χ4v) is 4.26. The number of aromatic amines is 1. The molecule has 0 fully saturated rings. The second kappa shape index (κ2) is 9.61. The molecule has 0 atom stereocenters. The van der Waals surface area contributed by atoms with Gasteiger partial charge in [0.1, 0.15) is 11.6 Å². The Kier molecular flexibility index (Phi) is 6.94. The van der Waals surface area contributed by atoms with Crippen LogP contribution in [0.3, 0.4) is 0 Å². The number of benzene rings is 1. The van der Waals surface area contributed by atoms with Gasteiger partial charge in [0.05, 0.1) is 5.75 Å². The Balaban J connectivity index is 1.81. The second-order valence-corrected chi connectivity index (χ2v) is 7.92. The standard InChI is InChI=1S/C18H22N6OS2/c1-2-3-7-10-26-18-23-22-15(24(18)13-8-5-4-6-9-13)12-27-17-20-14(19)11-16(25)21-17/h4-6,8-9,11H,2-3,7,10,12H2,1H3,(H3,19,20,21,25). The summed E-state index contributed by atoms with van der Waals surface area (Å²) in [6.07, 6.45) is 3.56. The summed E-state index contributed by atoms with van der Waals surface area (Å²) in [6.45, 7) is 2.20. The third-order valence-corrected chi connectivity index (χ3v) is 5.66. The highest BCUT2D eigenvalue weighted by atomic mass is 32.2. The van der Waals surface area contributed by atoms with E-state index in [1.807, 2.05) is 30.3 Å². The van der Waals surface area contributed by atoms with Crippen LogP contribution in [0.25, 0.3) is 5.69 Å². The number of anilines is 1. The Hall–Kier alpha value is -2.26. The third kappa shape index (κ3) is 5.36. The highest BCUT2D eigenvalue weighted by Gasteiger charge is 2.15. The molecule has 27 heavy (non-hydrogen) atoms. The summed E-state index contributed by atoms with van der Waals surface area (Å²) < 4.78 is 2.06. The lowest BCUT2D eigenvalue weighted by molar-refractivity contribution is 0.775. The number of H-pyrrole nitrogens is 1. The number of hydrogen-bond donors (Lipinski definition) is 2. The summed E-state index contributed by atoms with van der Waals surface area (Å²) in [6, 6.07) is 11.3. The van der Waals surface area contributed by atoms with E-state index in [-0.39, 0.29) is 11.4 Å². The SMILES string of the molecule is CCCCCSc1nnc(CSc2nc(N)cc(=O)[nH]2)n1-c1ccccc1. The maximum atomic E-state index is 11.6. The van der Waals surface area contributed by atoms with Gasteiger partial charge in [-0.05, 0) is 18.6 Å². The summed E-state index contributed by atoms with van der Waals surface area (Å²) in [7, 11) is 0. The molecule has 142 valence electrons. The van der Waals surface area contributed by atoms with Crippen molar-refractivity contribution in [2.45, 2.75) is 42.3 Å². The van der Waals surface area contributed by atoms with Crippen LogP contribution in [0.1, 0.15) is 32.0 Å². The van der Waals surface area contributed by atoms with Gasteiger partial charge in [0.15, 0.2) is 10.3 Å². The lowest BCUT2D eigenvalue weighted by atomic mass is 10.3. The van der Waals surface area contributed by atoms with Crippen LogP contribution >= 0.6 is 23.5 Å². The predicted molar refractivity (Wildman–Crippen MR) is 110 cm³/mol. The van der Waals surface area contributed by atoms with Crippen LogP contribution in [-0.2, 0) is 5.75 Å². The minimum atomic E-state index is -0.262. The van der Waals surface area contributed by atoms with Crippen molar-refractivity contribution in [2.24, 2.45) is 0 Å². The highest BCUT2D eigenvalue weighted by molar-refractivity contribution is 7.99. The van der Waals surface area contributed by atoms with Crippen LogP contribution in [0.2, 0.25) is 0 Å². The van der Waals surface area contributed by atoms with E-state index in [0.717, 1.165) is 28.8 Å². The van der Waals surface area contributed by atoms with Gasteiger partial charge < -0.3 is 10.7 Å². The van der Waals surface area contributed by atoms with Crippen molar-refractivity contribution in [2.75, 3.05) is 11.5 Å². The minimum Gasteiger partial charge on any atom is -0.383 e. The maximum absolute atomic E-state index is 11.6. The summed E-state index contributed by atoms with van der Waals surface area (Å²) in [5.74, 6) is 2.53. The van der Waals surface area contributed by atoms with E-state index in [4.69, 9.17) is 5.73 Å². The molecule has 2 aromatic heterocycles. The van der Waals surface area contributed by atoms with Gasteiger partial charge in [-0.2, -0.15) is 0 Å². The largest absolute Gasteiger partial charge is 0.383 e. The fourth-order valence-electron chi connectivity index (χ4n) is 2.49. The van der Waals surface area contributed by atoms with Gasteiger partial charge in [0.2, 0.25) is 0 Å². The van der Waals surface area contributed by atoms with Crippen LogP contribution in [-0.4, -0.2) is 30.5 Å². The number of nitrogens with zero attached hydrogens (tertiary/aromatic N) is 4. The average Bonchev–Trinajstić information content (AvgIpc) is 3.06. The smallest absolute Gasteiger partial charge is 0.253 e. The van der Waals surface area contributed by atoms with Gasteiger partial charge in [-0.3, -0.25) is 9.36 Å². The molecule has 0 spiro atoms. The first-order valence-corrected chi connectivity index (χ1v) is 10.8. The van der Waals surface area contributed by atoms with Crippen LogP contribution in [0.5, 0.6) is 0 Å². The van der Waals surface area contributed by atoms with E-state index < -0.39 is 0 Å². The third-order valence-electron chi connectivity index (χ3n) is 3.77. The quantitative estimate of drug-likeness (QED) is 0.321. The molecule has 3 aromatic rings. The molecule has 0 aliphatic heterocycles. The zero-order valence-electron chi connectivity index (χ0n) is 15.1. The van der Waals surface area contributed by atoms with Crippen molar-refractivity contribution in [1.82, 2.24) is 24.7 Å². The van der Waals surface area contributed by atoms with Crippen molar-refractivity contribution in [1.29, 1.82) is 0 Å². The molecule has 0 bridgehead atoms. The molecular formula is C18H22N6OS2. The fraction of sp³-hybridized carbons (Fsp3) is 0.333. The second-order valence-electron chi connectivity index (χ2n) is 5.89. The zero-order chi connectivity index (χ0) is 19.1. The van der Waals surface area contributed by atoms with Gasteiger partial charge in [-0.1, -0.05) is 61.5 Å². The number of aromatic nitrogens is 5. The molecule has 7 nitrogen and oxygen atoms in total. The van der Waals surface area contributed by atoms with Crippen molar-refractivity contribution in [3.05, 3.63) is 52.6 Å². The maximum Gasteiger partial charge on any atom is 0.253 e. The van der Waals surface area contributed by atoms with Crippen LogP contribution in [0, 0.1) is 0 Å². The van der Waals surface area contributed by atoms with Gasteiger partial charge in [0.25, 0.3) is 5.56 Å². The minimum absolute atomic E-state index is 0.206. The number of nitrogens with one attached hydrogen (secondary N) is 1. The van der Waals surface area contributed by atoms with E-state index in [0.29, 0.717) is 10.9 Å². The average molecular weight is 403 g/mol. The van der Waals surface area contributed by atoms with Crippen molar-refractivity contribution in [3.8, 4) is 5.69 Å². The molecule has 0 radical (unpaired) electrons. The summed E-state index contributed by atoms with van der Waals surface area (Å²) in [5, 5.41) is 10.1. The molecule has 0 saturated heterocycles. The Labute approximate surface area is 166 Å². The first-order chi connectivity index (χ1) is 13.2. The number of thioether (sulfide) groups is 2. The molecule has 1 aromatic carbocycles. The summed E-state index contributed by atoms with van der Waals surface area (Å²) in [5.41, 5.74) is 6.41. The van der Waals surface area contributed by atoms with Crippen molar-refractivity contribution in [3.63, 3.8) is 0 Å². The molecule has 0 unspecified atom stereocenters.